The van der Waals surface area contributed by atoms with Gasteiger partial charge in [0, 0.05) is 18.2 Å². The fraction of sp³-hybridized carbons (Fsp3) is 0.231. The normalized spacial score (nSPS) is 25.1. The average molecular weight is 258 g/mol. The van der Waals surface area contributed by atoms with Crippen molar-refractivity contribution in [1.82, 2.24) is 5.32 Å². The minimum absolute atomic E-state index is 0.208. The van der Waals surface area contributed by atoms with Gasteiger partial charge in [0.05, 0.1) is 11.8 Å². The van der Waals surface area contributed by atoms with E-state index in [0.29, 0.717) is 12.8 Å². The van der Waals surface area contributed by atoms with Gasteiger partial charge in [0.1, 0.15) is 11.7 Å². The third-order valence-electron chi connectivity index (χ3n) is 3.30. The molecule has 1 fully saturated rings. The van der Waals surface area contributed by atoms with Crippen LogP contribution in [0.3, 0.4) is 0 Å². The largest absolute Gasteiger partial charge is 0.374 e. The highest BCUT2D eigenvalue weighted by Crippen LogP contribution is 2.20. The molecule has 6 heteroatoms. The molecule has 0 radical (unpaired) electrons. The lowest BCUT2D eigenvalue weighted by Crippen LogP contribution is -2.95. The predicted octanol–water partition coefficient (Wildman–Crippen LogP) is -0.441. The van der Waals surface area contributed by atoms with Gasteiger partial charge >= 0.3 is 0 Å². The quantitative estimate of drug-likeness (QED) is 0.497. The van der Waals surface area contributed by atoms with Crippen molar-refractivity contribution >= 4 is 29.4 Å². The minimum Gasteiger partial charge on any atom is -0.374 e. The van der Waals surface area contributed by atoms with Crippen molar-refractivity contribution in [1.29, 1.82) is 0 Å². The Kier molecular flexibility index (Phi) is 2.79. The Morgan fingerprint density at radius 3 is 3.05 bits per heavy atom. The van der Waals surface area contributed by atoms with Crippen LogP contribution >= 0.6 is 0 Å². The van der Waals surface area contributed by atoms with Gasteiger partial charge < -0.3 is 10.3 Å². The molecule has 2 atom stereocenters. The average Bonchev–Trinajstić information content (AvgIpc) is 2.74. The molecule has 2 aliphatic heterocycles. The summed E-state index contributed by atoms with van der Waals surface area (Å²) in [6.45, 7) is 0. The zero-order valence-corrected chi connectivity index (χ0v) is 10.3. The molecule has 1 aromatic carbocycles. The van der Waals surface area contributed by atoms with Crippen LogP contribution in [0, 0.1) is 7.05 Å². The second-order valence-corrected chi connectivity index (χ2v) is 4.65. The Hall–Kier alpha value is -2.21. The first kappa shape index (κ1) is 11.9. The molecule has 6 nitrogen and oxygen atoms in total. The van der Waals surface area contributed by atoms with Crippen LogP contribution in [0.5, 0.6) is 0 Å². The van der Waals surface area contributed by atoms with E-state index in [-0.39, 0.29) is 17.9 Å². The van der Waals surface area contributed by atoms with Crippen LogP contribution in [0.4, 0.5) is 11.4 Å². The molecule has 2 aliphatic rings. The number of hydrogen-bond acceptors (Lipinski definition) is 4. The van der Waals surface area contributed by atoms with Crippen molar-refractivity contribution in [2.45, 2.75) is 18.9 Å². The van der Waals surface area contributed by atoms with Crippen LogP contribution in [-0.2, 0) is 9.59 Å². The third-order valence-corrected chi connectivity index (χ3v) is 3.30. The van der Waals surface area contributed by atoms with Gasteiger partial charge in [-0.05, 0) is 18.6 Å². The maximum Gasteiger partial charge on any atom is 0.249 e. The van der Waals surface area contributed by atoms with Crippen molar-refractivity contribution in [3.8, 4) is 0 Å². The highest BCUT2D eigenvalue weighted by atomic mass is 16.2. The molecule has 98 valence electrons. The molecule has 2 amide bonds. The summed E-state index contributed by atoms with van der Waals surface area (Å²) in [6.07, 6.45) is 2.64. The number of rotatable bonds is 2. The van der Waals surface area contributed by atoms with Crippen LogP contribution in [-0.4, -0.2) is 24.1 Å². The molecule has 0 spiro atoms. The Morgan fingerprint density at radius 2 is 2.26 bits per heavy atom. The molecule has 0 aliphatic carbocycles. The van der Waals surface area contributed by atoms with Crippen molar-refractivity contribution in [2.75, 3.05) is 5.32 Å². The summed E-state index contributed by atoms with van der Waals surface area (Å²) in [5.41, 5.74) is 2.84. The Morgan fingerprint density at radius 1 is 1.42 bits per heavy atom. The molecule has 3 N–H and O–H groups in total. The van der Waals surface area contributed by atoms with Gasteiger partial charge in [0.2, 0.25) is 11.8 Å². The number of nitrogens with zero attached hydrogens (tertiary/aromatic N) is 1. The SMILES string of the molecule is [CH2-][NH+]1N=Cc2cc(NC3CCC(=O)NC3=O)ccc21. The zero-order chi connectivity index (χ0) is 13.4. The molecule has 0 aromatic heterocycles. The molecule has 0 saturated carbocycles. The third kappa shape index (κ3) is 2.22. The number of anilines is 1. The summed E-state index contributed by atoms with van der Waals surface area (Å²) >= 11 is 0. The number of amides is 2. The summed E-state index contributed by atoms with van der Waals surface area (Å²) in [4.78, 5) is 22.7. The van der Waals surface area contributed by atoms with E-state index in [0.717, 1.165) is 21.9 Å². The lowest BCUT2D eigenvalue weighted by Gasteiger charge is -2.23. The van der Waals surface area contributed by atoms with Gasteiger partial charge in [-0.2, -0.15) is 0 Å². The molecule has 2 unspecified atom stereocenters. The summed E-state index contributed by atoms with van der Waals surface area (Å²) < 4.78 is 0. The number of imide groups is 1. The van der Waals surface area contributed by atoms with E-state index >= 15 is 0 Å². The maximum atomic E-state index is 11.7. The van der Waals surface area contributed by atoms with Crippen LogP contribution in [0.1, 0.15) is 18.4 Å². The predicted molar refractivity (Wildman–Crippen MR) is 69.8 cm³/mol. The molecule has 2 heterocycles. The van der Waals surface area contributed by atoms with E-state index in [1.807, 2.05) is 18.2 Å². The van der Waals surface area contributed by atoms with E-state index in [2.05, 4.69) is 22.8 Å². The van der Waals surface area contributed by atoms with E-state index in [4.69, 9.17) is 0 Å². The number of benzene rings is 1. The maximum absolute atomic E-state index is 11.7. The summed E-state index contributed by atoms with van der Waals surface area (Å²) in [7, 11) is 3.84. The van der Waals surface area contributed by atoms with Gasteiger partial charge in [0.25, 0.3) is 0 Å². The molecule has 1 saturated heterocycles. The highest BCUT2D eigenvalue weighted by molar-refractivity contribution is 6.01. The summed E-state index contributed by atoms with van der Waals surface area (Å²) in [6, 6.07) is 5.39. The number of piperidine rings is 1. The Labute approximate surface area is 110 Å². The van der Waals surface area contributed by atoms with Crippen LogP contribution in [0.2, 0.25) is 0 Å². The zero-order valence-electron chi connectivity index (χ0n) is 10.3. The van der Waals surface area contributed by atoms with E-state index in [9.17, 15) is 9.59 Å². The van der Waals surface area contributed by atoms with Gasteiger partial charge in [-0.25, -0.2) is 0 Å². The molecular weight excluding hydrogens is 244 g/mol. The Bertz CT molecular complexity index is 582. The number of fused-ring (bicyclic) bond motifs is 1. The molecule has 3 rings (SSSR count). The molecular formula is C13H14N4O2. The molecule has 0 bridgehead atoms. The smallest absolute Gasteiger partial charge is 0.249 e. The summed E-state index contributed by atoms with van der Waals surface area (Å²) in [5, 5.41) is 10.4. The van der Waals surface area contributed by atoms with Crippen molar-refractivity contribution < 1.29 is 14.6 Å². The summed E-state index contributed by atoms with van der Waals surface area (Å²) in [5.74, 6) is -0.477. The van der Waals surface area contributed by atoms with Gasteiger partial charge in [-0.15, -0.1) is 12.1 Å². The van der Waals surface area contributed by atoms with Crippen LogP contribution in [0.15, 0.2) is 23.3 Å². The van der Waals surface area contributed by atoms with Crippen molar-refractivity contribution in [2.24, 2.45) is 5.10 Å². The van der Waals surface area contributed by atoms with Gasteiger partial charge in [-0.3, -0.25) is 14.9 Å². The van der Waals surface area contributed by atoms with E-state index in [1.165, 1.54) is 0 Å². The second-order valence-electron chi connectivity index (χ2n) is 4.65. The fourth-order valence-electron chi connectivity index (χ4n) is 2.27. The van der Waals surface area contributed by atoms with Gasteiger partial charge in [0.15, 0.2) is 0 Å². The number of nitrogens with one attached hydrogen (secondary N) is 3. The first-order valence-electron chi connectivity index (χ1n) is 6.11. The Balaban J connectivity index is 1.76. The van der Waals surface area contributed by atoms with E-state index in [1.54, 1.807) is 6.21 Å². The lowest BCUT2D eigenvalue weighted by molar-refractivity contribution is -0.786. The first-order chi connectivity index (χ1) is 9.13. The van der Waals surface area contributed by atoms with Crippen molar-refractivity contribution in [3.05, 3.63) is 30.8 Å². The van der Waals surface area contributed by atoms with Crippen LogP contribution < -0.4 is 15.6 Å². The van der Waals surface area contributed by atoms with Gasteiger partial charge in [-0.1, -0.05) is 0 Å². The number of quaternary nitrogens is 1. The monoisotopic (exact) mass is 258 g/mol. The number of carbonyl (C=O) groups excluding carboxylic acids is 2. The standard InChI is InChI=1S/C13H14N4O2/c1-17-11-4-2-9(6-8(11)7-14-17)15-10-3-5-12(18)16-13(10)19/h2,4,6-7,10,15,17H,1,3,5H2,(H,16,18,19). The topological polar surface area (TPSA) is 75.0 Å². The molecule has 1 aromatic rings. The lowest BCUT2D eigenvalue weighted by atomic mass is 10.1. The van der Waals surface area contributed by atoms with Crippen LogP contribution in [0.25, 0.3) is 0 Å². The van der Waals surface area contributed by atoms with Crippen molar-refractivity contribution in [3.63, 3.8) is 0 Å². The molecule has 19 heavy (non-hydrogen) atoms. The minimum atomic E-state index is -0.364. The first-order valence-corrected chi connectivity index (χ1v) is 6.11. The second kappa shape index (κ2) is 4.47. The number of carbonyl (C=O) groups is 2. The number of hydrogen-bond donors (Lipinski definition) is 3. The fourth-order valence-corrected chi connectivity index (χ4v) is 2.27. The van der Waals surface area contributed by atoms with E-state index < -0.39 is 0 Å². The highest BCUT2D eigenvalue weighted by Gasteiger charge is 2.26.